The molecule has 0 aliphatic heterocycles. The fourth-order valence-electron chi connectivity index (χ4n) is 6.52. The summed E-state index contributed by atoms with van der Waals surface area (Å²) in [6.45, 7) is 3.71. The maximum Gasteiger partial charge on any atom is 0.472 e. The van der Waals surface area contributed by atoms with Gasteiger partial charge in [0.25, 0.3) is 0 Å². The van der Waals surface area contributed by atoms with Gasteiger partial charge in [-0.25, -0.2) is 4.57 Å². The predicted molar refractivity (Wildman–Crippen MR) is 238 cm³/mol. The summed E-state index contributed by atoms with van der Waals surface area (Å²) in [5, 5.41) is 0. The summed E-state index contributed by atoms with van der Waals surface area (Å²) in [4.78, 5) is 34.9. The molecular weight excluding hydrogens is 737 g/mol. The van der Waals surface area contributed by atoms with Crippen LogP contribution < -0.4 is 5.73 Å². The summed E-state index contributed by atoms with van der Waals surface area (Å²) in [5.41, 5.74) is 5.35. The molecule has 334 valence electrons. The van der Waals surface area contributed by atoms with E-state index in [1.807, 2.05) is 0 Å². The molecule has 2 atom stereocenters. The Labute approximate surface area is 350 Å². The van der Waals surface area contributed by atoms with Crippen LogP contribution in [0.3, 0.4) is 0 Å². The zero-order chi connectivity index (χ0) is 41.8. The lowest BCUT2D eigenvalue weighted by molar-refractivity contribution is -0.161. The SMILES string of the molecule is CCCCCC=CCC=CCC=CCCCCCCC(=O)OC[C@H](COP(=O)(O)OCCN)OC(=O)CCCCCCCCCCCCCCCCCCCCC. The molecule has 0 bridgehead atoms. The fourth-order valence-corrected chi connectivity index (χ4v) is 7.29. The lowest BCUT2D eigenvalue weighted by Crippen LogP contribution is -2.29. The van der Waals surface area contributed by atoms with Crippen molar-refractivity contribution in [1.82, 2.24) is 0 Å². The van der Waals surface area contributed by atoms with Crippen molar-refractivity contribution in [3.63, 3.8) is 0 Å². The molecule has 0 saturated carbocycles. The van der Waals surface area contributed by atoms with E-state index in [2.05, 4.69) is 50.3 Å². The van der Waals surface area contributed by atoms with Crippen LogP contribution in [0.4, 0.5) is 0 Å². The highest BCUT2D eigenvalue weighted by atomic mass is 31.2. The van der Waals surface area contributed by atoms with Gasteiger partial charge in [0.15, 0.2) is 6.10 Å². The van der Waals surface area contributed by atoms with Crippen LogP contribution in [0.5, 0.6) is 0 Å². The van der Waals surface area contributed by atoms with E-state index in [4.69, 9.17) is 24.3 Å². The van der Waals surface area contributed by atoms with Gasteiger partial charge in [-0.2, -0.15) is 0 Å². The Bertz CT molecular complexity index is 1030. The molecule has 57 heavy (non-hydrogen) atoms. The Hall–Kier alpha value is -1.77. The number of carbonyl (C=O) groups is 2. The molecule has 10 heteroatoms. The lowest BCUT2D eigenvalue weighted by Gasteiger charge is -2.19. The average molecular weight is 826 g/mol. The van der Waals surface area contributed by atoms with Gasteiger partial charge in [-0.1, -0.05) is 192 Å². The van der Waals surface area contributed by atoms with E-state index in [1.165, 1.54) is 128 Å². The van der Waals surface area contributed by atoms with Crippen molar-refractivity contribution in [1.29, 1.82) is 0 Å². The number of ether oxygens (including phenoxy) is 2. The second-order valence-corrected chi connectivity index (χ2v) is 17.1. The van der Waals surface area contributed by atoms with Crippen LogP contribution in [0.25, 0.3) is 0 Å². The Balaban J connectivity index is 4.12. The minimum absolute atomic E-state index is 0.0508. The van der Waals surface area contributed by atoms with E-state index < -0.39 is 32.5 Å². The second-order valence-electron chi connectivity index (χ2n) is 15.6. The number of hydrogen-bond acceptors (Lipinski definition) is 8. The van der Waals surface area contributed by atoms with Gasteiger partial charge in [0.1, 0.15) is 6.61 Å². The van der Waals surface area contributed by atoms with Crippen LogP contribution >= 0.6 is 7.82 Å². The maximum absolute atomic E-state index is 12.6. The number of carbonyl (C=O) groups excluding carboxylic acids is 2. The lowest BCUT2D eigenvalue weighted by atomic mass is 10.0. The van der Waals surface area contributed by atoms with E-state index in [0.29, 0.717) is 12.8 Å². The maximum atomic E-state index is 12.6. The molecule has 0 amide bonds. The molecule has 0 heterocycles. The van der Waals surface area contributed by atoms with Crippen molar-refractivity contribution in [3.8, 4) is 0 Å². The number of unbranched alkanes of at least 4 members (excludes halogenated alkanes) is 25. The Morgan fingerprint density at radius 2 is 0.912 bits per heavy atom. The van der Waals surface area contributed by atoms with E-state index >= 15 is 0 Å². The molecular formula is C47H88NO8P. The van der Waals surface area contributed by atoms with Crippen molar-refractivity contribution in [2.45, 2.75) is 225 Å². The van der Waals surface area contributed by atoms with Gasteiger partial charge < -0.3 is 20.1 Å². The minimum atomic E-state index is -4.38. The standard InChI is InChI=1S/C47H88NO8P/c1-3-5-7-9-11-13-15-17-19-21-22-24-26-28-30-32-34-36-38-40-47(50)56-45(44-55-57(51,52)54-42-41-48)43-53-46(49)39-37-35-33-31-29-27-25-23-20-18-16-14-12-10-8-6-4-2/h12,14,18,20,25,27,45H,3-11,13,15-17,19,21-24,26,28-44,48H2,1-2H3,(H,51,52)/t45-/m1/s1. The van der Waals surface area contributed by atoms with Crippen LogP contribution in [0.2, 0.25) is 0 Å². The van der Waals surface area contributed by atoms with Gasteiger partial charge in [0, 0.05) is 19.4 Å². The zero-order valence-electron chi connectivity index (χ0n) is 36.8. The molecule has 0 aliphatic rings. The van der Waals surface area contributed by atoms with Gasteiger partial charge in [-0.05, 0) is 51.4 Å². The number of hydrogen-bond donors (Lipinski definition) is 2. The third-order valence-electron chi connectivity index (χ3n) is 10.0. The summed E-state index contributed by atoms with van der Waals surface area (Å²) in [5.74, 6) is -0.846. The van der Waals surface area contributed by atoms with E-state index in [-0.39, 0.29) is 32.6 Å². The number of nitrogens with two attached hydrogens (primary N) is 1. The van der Waals surface area contributed by atoms with Gasteiger partial charge in [-0.3, -0.25) is 18.6 Å². The summed E-state index contributed by atoms with van der Waals surface area (Å²) < 4.78 is 32.8. The highest BCUT2D eigenvalue weighted by molar-refractivity contribution is 7.47. The van der Waals surface area contributed by atoms with Crippen molar-refractivity contribution in [3.05, 3.63) is 36.5 Å². The molecule has 0 aromatic heterocycles. The quantitative estimate of drug-likeness (QED) is 0.0266. The average Bonchev–Trinajstić information content (AvgIpc) is 3.20. The van der Waals surface area contributed by atoms with E-state index in [0.717, 1.165) is 51.4 Å². The molecule has 0 fully saturated rings. The number of esters is 2. The van der Waals surface area contributed by atoms with Gasteiger partial charge in [0.2, 0.25) is 0 Å². The van der Waals surface area contributed by atoms with Crippen LogP contribution in [0.1, 0.15) is 219 Å². The monoisotopic (exact) mass is 826 g/mol. The van der Waals surface area contributed by atoms with Crippen molar-refractivity contribution < 1.29 is 37.6 Å². The van der Waals surface area contributed by atoms with Crippen molar-refractivity contribution in [2.24, 2.45) is 5.73 Å². The van der Waals surface area contributed by atoms with Gasteiger partial charge in [-0.15, -0.1) is 0 Å². The summed E-state index contributed by atoms with van der Waals surface area (Å²) >= 11 is 0. The molecule has 0 aromatic carbocycles. The molecule has 9 nitrogen and oxygen atoms in total. The zero-order valence-corrected chi connectivity index (χ0v) is 37.7. The third-order valence-corrected chi connectivity index (χ3v) is 11.0. The van der Waals surface area contributed by atoms with Crippen molar-refractivity contribution in [2.75, 3.05) is 26.4 Å². The molecule has 0 saturated heterocycles. The molecule has 0 aromatic rings. The smallest absolute Gasteiger partial charge is 0.462 e. The van der Waals surface area contributed by atoms with Gasteiger partial charge in [0.05, 0.1) is 13.2 Å². The number of rotatable bonds is 44. The fraction of sp³-hybridized carbons (Fsp3) is 0.830. The normalized spacial score (nSPS) is 13.5. The highest BCUT2D eigenvalue weighted by Crippen LogP contribution is 2.43. The van der Waals surface area contributed by atoms with Crippen LogP contribution in [0, 0.1) is 0 Å². The highest BCUT2D eigenvalue weighted by Gasteiger charge is 2.26. The first-order valence-corrected chi connectivity index (χ1v) is 25.0. The van der Waals surface area contributed by atoms with Crippen LogP contribution in [0.15, 0.2) is 36.5 Å². The van der Waals surface area contributed by atoms with Gasteiger partial charge >= 0.3 is 19.8 Å². The van der Waals surface area contributed by atoms with Crippen LogP contribution in [-0.2, 0) is 32.7 Å². The summed E-state index contributed by atoms with van der Waals surface area (Å²) in [7, 11) is -4.38. The van der Waals surface area contributed by atoms with Crippen LogP contribution in [-0.4, -0.2) is 49.3 Å². The first-order chi connectivity index (χ1) is 27.8. The minimum Gasteiger partial charge on any atom is -0.462 e. The molecule has 0 spiro atoms. The predicted octanol–water partition coefficient (Wildman–Crippen LogP) is 13.7. The first kappa shape index (κ1) is 55.2. The topological polar surface area (TPSA) is 134 Å². The molecule has 1 unspecified atom stereocenters. The molecule has 0 aliphatic carbocycles. The third kappa shape index (κ3) is 43.6. The summed E-state index contributed by atoms with van der Waals surface area (Å²) in [6.07, 6.45) is 48.9. The number of phosphoric ester groups is 1. The number of phosphoric acid groups is 1. The largest absolute Gasteiger partial charge is 0.472 e. The summed E-state index contributed by atoms with van der Waals surface area (Å²) in [6, 6.07) is 0. The molecule has 0 radical (unpaired) electrons. The van der Waals surface area contributed by atoms with E-state index in [1.54, 1.807) is 0 Å². The molecule has 0 rings (SSSR count). The molecule has 3 N–H and O–H groups in total. The second kappa shape index (κ2) is 43.8. The first-order valence-electron chi connectivity index (χ1n) is 23.5. The number of allylic oxidation sites excluding steroid dienone is 6. The Kier molecular flexibility index (Phi) is 42.4. The van der Waals surface area contributed by atoms with Crippen molar-refractivity contribution >= 4 is 19.8 Å². The van der Waals surface area contributed by atoms with E-state index in [9.17, 15) is 19.0 Å². The Morgan fingerprint density at radius 3 is 1.39 bits per heavy atom. The Morgan fingerprint density at radius 1 is 0.526 bits per heavy atom.